The summed E-state index contributed by atoms with van der Waals surface area (Å²) in [6.07, 6.45) is 3.71. The van der Waals surface area contributed by atoms with Crippen LogP contribution in [0.2, 0.25) is 0 Å². The zero-order valence-electron chi connectivity index (χ0n) is 12.8. The number of aromatic nitrogens is 1. The first-order valence-electron chi connectivity index (χ1n) is 7.45. The van der Waals surface area contributed by atoms with Crippen molar-refractivity contribution >= 4 is 16.8 Å². The van der Waals surface area contributed by atoms with Gasteiger partial charge in [0.05, 0.1) is 5.60 Å². The summed E-state index contributed by atoms with van der Waals surface area (Å²) in [4.78, 5) is 12.6. The van der Waals surface area contributed by atoms with Gasteiger partial charge in [-0.1, -0.05) is 6.07 Å². The zero-order valence-corrected chi connectivity index (χ0v) is 12.8. The number of carbonyl (C=O) groups is 1. The molecule has 1 aliphatic heterocycles. The van der Waals surface area contributed by atoms with Crippen LogP contribution in [-0.2, 0) is 11.8 Å². The molecule has 0 aliphatic carbocycles. The van der Waals surface area contributed by atoms with Crippen LogP contribution in [0.15, 0.2) is 30.5 Å². The van der Waals surface area contributed by atoms with E-state index in [-0.39, 0.29) is 17.6 Å². The van der Waals surface area contributed by atoms with Crippen LogP contribution in [0.4, 0.5) is 0 Å². The van der Waals surface area contributed by atoms with Crippen molar-refractivity contribution < 1.29 is 9.53 Å². The third kappa shape index (κ3) is 2.81. The van der Waals surface area contributed by atoms with Crippen LogP contribution in [0.5, 0.6) is 0 Å². The van der Waals surface area contributed by atoms with Gasteiger partial charge in [-0.25, -0.2) is 0 Å². The van der Waals surface area contributed by atoms with E-state index in [2.05, 4.69) is 19.2 Å². The third-order valence-corrected chi connectivity index (χ3v) is 4.20. The number of ether oxygens (including phenoxy) is 1. The van der Waals surface area contributed by atoms with Gasteiger partial charge in [-0.3, -0.25) is 4.79 Å². The molecule has 0 radical (unpaired) electrons. The van der Waals surface area contributed by atoms with Crippen LogP contribution < -0.4 is 5.32 Å². The molecule has 1 aliphatic rings. The number of fused-ring (bicyclic) bond motifs is 1. The molecule has 0 spiro atoms. The van der Waals surface area contributed by atoms with E-state index in [4.69, 9.17) is 4.74 Å². The highest BCUT2D eigenvalue weighted by Crippen LogP contribution is 2.25. The fourth-order valence-electron chi connectivity index (χ4n) is 3.12. The van der Waals surface area contributed by atoms with Crippen molar-refractivity contribution in [3.05, 3.63) is 36.0 Å². The Bertz CT molecular complexity index is 672. The van der Waals surface area contributed by atoms with Gasteiger partial charge in [0, 0.05) is 42.4 Å². The quantitative estimate of drug-likeness (QED) is 0.922. The molecule has 21 heavy (non-hydrogen) atoms. The number of amides is 1. The standard InChI is InChI=1S/C17H22N2O2/c1-17(2)11-12(8-10-21-17)18-16(20)14-5-4-6-15-13(14)7-9-19(15)3/h4-7,9,12H,8,10-11H2,1-3H3,(H,18,20)/t12-/m1/s1. The van der Waals surface area contributed by atoms with Crippen molar-refractivity contribution in [2.45, 2.75) is 38.3 Å². The van der Waals surface area contributed by atoms with Gasteiger partial charge in [0.25, 0.3) is 5.91 Å². The fraction of sp³-hybridized carbons (Fsp3) is 0.471. The van der Waals surface area contributed by atoms with Gasteiger partial charge >= 0.3 is 0 Å². The Morgan fingerprint density at radius 1 is 1.38 bits per heavy atom. The lowest BCUT2D eigenvalue weighted by molar-refractivity contribution is -0.0615. The molecular weight excluding hydrogens is 264 g/mol. The summed E-state index contributed by atoms with van der Waals surface area (Å²) in [5, 5.41) is 4.17. The molecule has 4 nitrogen and oxygen atoms in total. The van der Waals surface area contributed by atoms with Gasteiger partial charge in [0.1, 0.15) is 0 Å². The first-order chi connectivity index (χ1) is 9.96. The van der Waals surface area contributed by atoms with Crippen LogP contribution in [0, 0.1) is 0 Å². The second kappa shape index (κ2) is 5.19. The molecule has 2 aromatic rings. The fourth-order valence-corrected chi connectivity index (χ4v) is 3.12. The first kappa shape index (κ1) is 14.1. The Kier molecular flexibility index (Phi) is 3.49. The highest BCUT2D eigenvalue weighted by Gasteiger charge is 2.30. The predicted molar refractivity (Wildman–Crippen MR) is 83.4 cm³/mol. The molecule has 0 bridgehead atoms. The molecule has 1 saturated heterocycles. The summed E-state index contributed by atoms with van der Waals surface area (Å²) >= 11 is 0. The molecule has 2 heterocycles. The van der Waals surface area contributed by atoms with E-state index in [9.17, 15) is 4.79 Å². The second-order valence-electron chi connectivity index (χ2n) is 6.44. The van der Waals surface area contributed by atoms with Crippen molar-refractivity contribution in [3.8, 4) is 0 Å². The Morgan fingerprint density at radius 3 is 2.95 bits per heavy atom. The van der Waals surface area contributed by atoms with Crippen molar-refractivity contribution in [1.82, 2.24) is 9.88 Å². The minimum absolute atomic E-state index is 0.00880. The Balaban J connectivity index is 1.81. The average Bonchev–Trinajstić information content (AvgIpc) is 2.79. The summed E-state index contributed by atoms with van der Waals surface area (Å²) in [6.45, 7) is 4.85. The molecule has 1 aromatic heterocycles. The molecule has 1 atom stereocenters. The normalized spacial score (nSPS) is 21.4. The Hall–Kier alpha value is -1.81. The minimum atomic E-state index is -0.158. The maximum absolute atomic E-state index is 12.6. The van der Waals surface area contributed by atoms with Crippen LogP contribution in [0.25, 0.3) is 10.9 Å². The van der Waals surface area contributed by atoms with E-state index >= 15 is 0 Å². The molecular formula is C17H22N2O2. The summed E-state index contributed by atoms with van der Waals surface area (Å²) in [5.41, 5.74) is 1.67. The van der Waals surface area contributed by atoms with E-state index in [1.54, 1.807) is 0 Å². The molecule has 3 rings (SSSR count). The summed E-state index contributed by atoms with van der Waals surface area (Å²) in [6, 6.07) is 8.04. The molecule has 1 amide bonds. The van der Waals surface area contributed by atoms with E-state index in [0.717, 1.165) is 29.3 Å². The lowest BCUT2D eigenvalue weighted by Gasteiger charge is -2.35. The number of hydrogen-bond acceptors (Lipinski definition) is 2. The van der Waals surface area contributed by atoms with Gasteiger partial charge in [-0.05, 0) is 44.9 Å². The van der Waals surface area contributed by atoms with Gasteiger partial charge in [0.2, 0.25) is 0 Å². The van der Waals surface area contributed by atoms with Crippen molar-refractivity contribution in [1.29, 1.82) is 0 Å². The molecule has 112 valence electrons. The van der Waals surface area contributed by atoms with Crippen LogP contribution >= 0.6 is 0 Å². The van der Waals surface area contributed by atoms with Crippen LogP contribution in [0.1, 0.15) is 37.0 Å². The van der Waals surface area contributed by atoms with Crippen molar-refractivity contribution in [3.63, 3.8) is 0 Å². The van der Waals surface area contributed by atoms with Gasteiger partial charge < -0.3 is 14.6 Å². The van der Waals surface area contributed by atoms with Crippen LogP contribution in [-0.4, -0.2) is 28.7 Å². The Labute approximate surface area is 125 Å². The van der Waals surface area contributed by atoms with E-state index in [0.29, 0.717) is 6.61 Å². The molecule has 1 aromatic carbocycles. The SMILES string of the molecule is Cn1ccc2c(C(=O)N[C@@H]3CCOC(C)(C)C3)cccc21. The van der Waals surface area contributed by atoms with Gasteiger partial charge in [0.15, 0.2) is 0 Å². The number of benzene rings is 1. The highest BCUT2D eigenvalue weighted by molar-refractivity contribution is 6.06. The number of aryl methyl sites for hydroxylation is 1. The van der Waals surface area contributed by atoms with Crippen molar-refractivity contribution in [2.24, 2.45) is 7.05 Å². The maximum Gasteiger partial charge on any atom is 0.252 e. The molecule has 0 saturated carbocycles. The molecule has 1 fully saturated rings. The number of rotatable bonds is 2. The highest BCUT2D eigenvalue weighted by atomic mass is 16.5. The number of nitrogens with zero attached hydrogens (tertiary/aromatic N) is 1. The molecule has 0 unspecified atom stereocenters. The number of hydrogen-bond donors (Lipinski definition) is 1. The smallest absolute Gasteiger partial charge is 0.252 e. The third-order valence-electron chi connectivity index (χ3n) is 4.20. The lowest BCUT2D eigenvalue weighted by atomic mass is 9.93. The summed E-state index contributed by atoms with van der Waals surface area (Å²) in [7, 11) is 1.99. The first-order valence-corrected chi connectivity index (χ1v) is 7.45. The lowest BCUT2D eigenvalue weighted by Crippen LogP contribution is -2.45. The van der Waals surface area contributed by atoms with E-state index < -0.39 is 0 Å². The molecule has 1 N–H and O–H groups in total. The monoisotopic (exact) mass is 286 g/mol. The number of carbonyl (C=O) groups excluding carboxylic acids is 1. The summed E-state index contributed by atoms with van der Waals surface area (Å²) in [5.74, 6) is 0.00880. The van der Waals surface area contributed by atoms with E-state index in [1.165, 1.54) is 0 Å². The van der Waals surface area contributed by atoms with E-state index in [1.807, 2.05) is 42.1 Å². The van der Waals surface area contributed by atoms with Crippen LogP contribution in [0.3, 0.4) is 0 Å². The predicted octanol–water partition coefficient (Wildman–Crippen LogP) is 2.87. The summed E-state index contributed by atoms with van der Waals surface area (Å²) < 4.78 is 7.73. The topological polar surface area (TPSA) is 43.3 Å². The average molecular weight is 286 g/mol. The van der Waals surface area contributed by atoms with Crippen molar-refractivity contribution in [2.75, 3.05) is 6.61 Å². The second-order valence-corrected chi connectivity index (χ2v) is 6.44. The van der Waals surface area contributed by atoms with Gasteiger partial charge in [-0.15, -0.1) is 0 Å². The Morgan fingerprint density at radius 2 is 2.19 bits per heavy atom. The largest absolute Gasteiger partial charge is 0.375 e. The molecule has 4 heteroatoms. The maximum atomic E-state index is 12.6. The number of nitrogens with one attached hydrogen (secondary N) is 1. The van der Waals surface area contributed by atoms with Gasteiger partial charge in [-0.2, -0.15) is 0 Å². The zero-order chi connectivity index (χ0) is 15.0. The minimum Gasteiger partial charge on any atom is -0.375 e.